The van der Waals surface area contributed by atoms with E-state index in [0.29, 0.717) is 6.54 Å². The summed E-state index contributed by atoms with van der Waals surface area (Å²) in [6, 6.07) is 22.4. The molecule has 1 heterocycles. The molecule has 3 aromatic carbocycles. The van der Waals surface area contributed by atoms with Gasteiger partial charge in [-0.1, -0.05) is 54.6 Å². The molecule has 1 aliphatic heterocycles. The molecule has 1 amide bonds. The summed E-state index contributed by atoms with van der Waals surface area (Å²) in [5.74, 6) is -0.0164. The highest BCUT2D eigenvalue weighted by Gasteiger charge is 2.16. The van der Waals surface area contributed by atoms with Crippen LogP contribution in [-0.2, 0) is 17.9 Å². The Bertz CT molecular complexity index is 978. The average molecular weight is 388 g/mol. The number of hydrogen-bond donors (Lipinski definition) is 2. The fraction of sp³-hybridized carbons (Fsp3) is 0.320. The highest BCUT2D eigenvalue weighted by molar-refractivity contribution is 5.97. The summed E-state index contributed by atoms with van der Waals surface area (Å²) >= 11 is 0. The molecule has 0 bridgehead atoms. The predicted molar refractivity (Wildman–Crippen MR) is 120 cm³/mol. The molecule has 1 unspecified atom stereocenters. The van der Waals surface area contributed by atoms with Crippen molar-refractivity contribution in [2.45, 2.75) is 38.9 Å². The molecular formula is C25H29N3O. The highest BCUT2D eigenvalue weighted by atomic mass is 16.2. The lowest BCUT2D eigenvalue weighted by Crippen LogP contribution is -2.37. The Labute approximate surface area is 172 Å². The van der Waals surface area contributed by atoms with Gasteiger partial charge in [-0.25, -0.2) is 0 Å². The van der Waals surface area contributed by atoms with Crippen molar-refractivity contribution in [3.05, 3.63) is 77.9 Å². The lowest BCUT2D eigenvalue weighted by Gasteiger charge is -2.19. The lowest BCUT2D eigenvalue weighted by molar-refractivity contribution is -0.117. The third kappa shape index (κ3) is 5.03. The van der Waals surface area contributed by atoms with E-state index in [1.165, 1.54) is 42.4 Å². The minimum Gasteiger partial charge on any atom is -0.325 e. The van der Waals surface area contributed by atoms with Crippen LogP contribution in [0.25, 0.3) is 10.8 Å². The second kappa shape index (κ2) is 9.21. The number of carbonyl (C=O) groups is 1. The van der Waals surface area contributed by atoms with Crippen molar-refractivity contribution in [2.24, 2.45) is 0 Å². The molecule has 0 radical (unpaired) electrons. The molecular weight excluding hydrogens is 358 g/mol. The predicted octanol–water partition coefficient (Wildman–Crippen LogP) is 4.55. The fourth-order valence-corrected chi connectivity index (χ4v) is 3.94. The van der Waals surface area contributed by atoms with E-state index in [0.717, 1.165) is 17.6 Å². The molecule has 1 saturated heterocycles. The molecule has 4 heteroatoms. The molecule has 29 heavy (non-hydrogen) atoms. The monoisotopic (exact) mass is 387 g/mol. The van der Waals surface area contributed by atoms with Crippen LogP contribution in [0.2, 0.25) is 0 Å². The van der Waals surface area contributed by atoms with E-state index in [2.05, 4.69) is 51.9 Å². The van der Waals surface area contributed by atoms with Gasteiger partial charge in [-0.05, 0) is 66.9 Å². The zero-order valence-electron chi connectivity index (χ0n) is 17.0. The van der Waals surface area contributed by atoms with E-state index in [-0.39, 0.29) is 11.9 Å². The zero-order valence-corrected chi connectivity index (χ0v) is 17.0. The first-order valence-electron chi connectivity index (χ1n) is 10.5. The van der Waals surface area contributed by atoms with Gasteiger partial charge in [-0.2, -0.15) is 0 Å². The normalized spacial score (nSPS) is 15.5. The van der Waals surface area contributed by atoms with Gasteiger partial charge in [0.15, 0.2) is 0 Å². The van der Waals surface area contributed by atoms with Gasteiger partial charge < -0.3 is 10.6 Å². The standard InChI is InChI=1S/C25H29N3O/c1-19(25(29)27-24-13-12-20-8-2-3-9-21(20)16-24)26-17-22-10-4-5-11-23(22)18-28-14-6-7-15-28/h2-5,8-13,16,19,26H,6-7,14-15,17-18H2,1H3,(H,27,29). The van der Waals surface area contributed by atoms with Crippen molar-refractivity contribution >= 4 is 22.4 Å². The molecule has 4 nitrogen and oxygen atoms in total. The Kier molecular flexibility index (Phi) is 6.23. The summed E-state index contributed by atoms with van der Waals surface area (Å²) in [6.45, 7) is 5.98. The van der Waals surface area contributed by atoms with E-state index in [1.54, 1.807) is 0 Å². The van der Waals surface area contributed by atoms with Crippen LogP contribution in [0, 0.1) is 0 Å². The van der Waals surface area contributed by atoms with E-state index >= 15 is 0 Å². The number of amides is 1. The maximum Gasteiger partial charge on any atom is 0.241 e. The van der Waals surface area contributed by atoms with Gasteiger partial charge in [-0.3, -0.25) is 9.69 Å². The highest BCUT2D eigenvalue weighted by Crippen LogP contribution is 2.19. The van der Waals surface area contributed by atoms with Crippen molar-refractivity contribution in [3.63, 3.8) is 0 Å². The largest absolute Gasteiger partial charge is 0.325 e. The summed E-state index contributed by atoms with van der Waals surface area (Å²) in [5.41, 5.74) is 3.45. The van der Waals surface area contributed by atoms with E-state index in [1.807, 2.05) is 37.3 Å². The molecule has 0 aromatic heterocycles. The van der Waals surface area contributed by atoms with Crippen LogP contribution >= 0.6 is 0 Å². The molecule has 1 atom stereocenters. The van der Waals surface area contributed by atoms with Crippen LogP contribution in [0.4, 0.5) is 5.69 Å². The van der Waals surface area contributed by atoms with Gasteiger partial charge in [-0.15, -0.1) is 0 Å². The molecule has 3 aromatic rings. The first-order chi connectivity index (χ1) is 14.2. The SMILES string of the molecule is CC(NCc1ccccc1CN1CCCC1)C(=O)Nc1ccc2ccccc2c1. The average Bonchev–Trinajstić information content (AvgIpc) is 3.26. The molecule has 0 spiro atoms. The minimum absolute atomic E-state index is 0.0164. The van der Waals surface area contributed by atoms with Crippen molar-refractivity contribution in [1.82, 2.24) is 10.2 Å². The molecule has 4 rings (SSSR count). The van der Waals surface area contributed by atoms with Gasteiger partial charge in [0, 0.05) is 18.8 Å². The Morgan fingerprint density at radius 3 is 2.41 bits per heavy atom. The van der Waals surface area contributed by atoms with Crippen molar-refractivity contribution < 1.29 is 4.79 Å². The van der Waals surface area contributed by atoms with E-state index in [4.69, 9.17) is 0 Å². The number of nitrogens with zero attached hydrogens (tertiary/aromatic N) is 1. The van der Waals surface area contributed by atoms with Crippen LogP contribution < -0.4 is 10.6 Å². The minimum atomic E-state index is -0.277. The van der Waals surface area contributed by atoms with Crippen molar-refractivity contribution in [2.75, 3.05) is 18.4 Å². The molecule has 1 aliphatic rings. The summed E-state index contributed by atoms with van der Waals surface area (Å²) in [5, 5.41) is 8.72. The third-order valence-corrected chi connectivity index (χ3v) is 5.72. The van der Waals surface area contributed by atoms with Crippen LogP contribution in [0.5, 0.6) is 0 Å². The van der Waals surface area contributed by atoms with E-state index < -0.39 is 0 Å². The summed E-state index contributed by atoms with van der Waals surface area (Å²) in [4.78, 5) is 15.2. The molecule has 150 valence electrons. The van der Waals surface area contributed by atoms with Crippen molar-refractivity contribution in [1.29, 1.82) is 0 Å². The van der Waals surface area contributed by atoms with Gasteiger partial charge in [0.2, 0.25) is 5.91 Å². The Balaban J connectivity index is 1.35. The van der Waals surface area contributed by atoms with Crippen LogP contribution in [-0.4, -0.2) is 29.9 Å². The maximum absolute atomic E-state index is 12.7. The van der Waals surface area contributed by atoms with Gasteiger partial charge in [0.05, 0.1) is 6.04 Å². The Morgan fingerprint density at radius 1 is 0.931 bits per heavy atom. The second-order valence-corrected chi connectivity index (χ2v) is 7.91. The zero-order chi connectivity index (χ0) is 20.1. The summed E-state index contributed by atoms with van der Waals surface area (Å²) < 4.78 is 0. The van der Waals surface area contributed by atoms with Crippen LogP contribution in [0.15, 0.2) is 66.7 Å². The second-order valence-electron chi connectivity index (χ2n) is 7.91. The fourth-order valence-electron chi connectivity index (χ4n) is 3.94. The summed E-state index contributed by atoms with van der Waals surface area (Å²) in [6.07, 6.45) is 2.60. The first kappa shape index (κ1) is 19.6. The van der Waals surface area contributed by atoms with Crippen molar-refractivity contribution in [3.8, 4) is 0 Å². The van der Waals surface area contributed by atoms with Gasteiger partial charge in [0.25, 0.3) is 0 Å². The Morgan fingerprint density at radius 2 is 1.62 bits per heavy atom. The van der Waals surface area contributed by atoms with Gasteiger partial charge in [0.1, 0.15) is 0 Å². The van der Waals surface area contributed by atoms with E-state index in [9.17, 15) is 4.79 Å². The lowest BCUT2D eigenvalue weighted by atomic mass is 10.1. The third-order valence-electron chi connectivity index (χ3n) is 5.72. The number of carbonyl (C=O) groups excluding carboxylic acids is 1. The first-order valence-corrected chi connectivity index (χ1v) is 10.5. The van der Waals surface area contributed by atoms with Gasteiger partial charge >= 0.3 is 0 Å². The molecule has 1 fully saturated rings. The topological polar surface area (TPSA) is 44.4 Å². The smallest absolute Gasteiger partial charge is 0.241 e. The molecule has 0 saturated carbocycles. The quantitative estimate of drug-likeness (QED) is 0.625. The Hall–Kier alpha value is -2.69. The number of anilines is 1. The van der Waals surface area contributed by atoms with Crippen LogP contribution in [0.1, 0.15) is 30.9 Å². The molecule has 0 aliphatic carbocycles. The number of benzene rings is 3. The number of rotatable bonds is 7. The number of hydrogen-bond acceptors (Lipinski definition) is 3. The number of fused-ring (bicyclic) bond motifs is 1. The van der Waals surface area contributed by atoms with Crippen LogP contribution in [0.3, 0.4) is 0 Å². The number of nitrogens with one attached hydrogen (secondary N) is 2. The molecule has 2 N–H and O–H groups in total. The number of likely N-dealkylation sites (tertiary alicyclic amines) is 1. The maximum atomic E-state index is 12.7. The summed E-state index contributed by atoms with van der Waals surface area (Å²) in [7, 11) is 0.